The summed E-state index contributed by atoms with van der Waals surface area (Å²) in [6, 6.07) is 0. The number of aryl methyl sites for hydroxylation is 1. The predicted octanol–water partition coefficient (Wildman–Crippen LogP) is 2.00. The average Bonchev–Trinajstić information content (AvgIpc) is 2.57. The van der Waals surface area contributed by atoms with E-state index < -0.39 is 0 Å². The van der Waals surface area contributed by atoms with E-state index in [1.54, 1.807) is 6.20 Å². The molecule has 0 unspecified atom stereocenters. The van der Waals surface area contributed by atoms with Crippen LogP contribution in [0.1, 0.15) is 43.0 Å². The zero-order valence-electron chi connectivity index (χ0n) is 10.1. The second kappa shape index (κ2) is 4.68. The van der Waals surface area contributed by atoms with E-state index >= 15 is 0 Å². The van der Waals surface area contributed by atoms with Crippen LogP contribution in [0.15, 0.2) is 6.20 Å². The van der Waals surface area contributed by atoms with Crippen molar-refractivity contribution in [3.05, 3.63) is 11.8 Å². The van der Waals surface area contributed by atoms with Crippen LogP contribution in [-0.2, 0) is 7.05 Å². The number of hydrogen-bond acceptors (Lipinski definition) is 3. The SMILES string of the molecule is CCCCN1CCCC(=O)c2cnn(C)c21. The smallest absolute Gasteiger partial charge is 0.168 e. The Hall–Kier alpha value is -1.32. The van der Waals surface area contributed by atoms with Crippen molar-refractivity contribution in [2.24, 2.45) is 7.05 Å². The molecular formula is C12H19N3O. The lowest BCUT2D eigenvalue weighted by Gasteiger charge is -2.23. The van der Waals surface area contributed by atoms with Gasteiger partial charge in [0.2, 0.25) is 0 Å². The minimum absolute atomic E-state index is 0.238. The first-order valence-electron chi connectivity index (χ1n) is 6.04. The lowest BCUT2D eigenvalue weighted by Crippen LogP contribution is -2.27. The minimum Gasteiger partial charge on any atom is -0.356 e. The van der Waals surface area contributed by atoms with Gasteiger partial charge >= 0.3 is 0 Å². The number of hydrogen-bond donors (Lipinski definition) is 0. The lowest BCUT2D eigenvalue weighted by molar-refractivity contribution is 0.0984. The number of carbonyl (C=O) groups excluding carboxylic acids is 1. The Labute approximate surface area is 96.2 Å². The first kappa shape index (κ1) is 11.2. The lowest BCUT2D eigenvalue weighted by atomic mass is 10.1. The Balaban J connectivity index is 2.30. The molecule has 0 saturated carbocycles. The number of fused-ring (bicyclic) bond motifs is 1. The number of aromatic nitrogens is 2. The largest absolute Gasteiger partial charge is 0.356 e. The molecule has 0 aromatic carbocycles. The topological polar surface area (TPSA) is 38.1 Å². The van der Waals surface area contributed by atoms with Crippen LogP contribution in [0.25, 0.3) is 0 Å². The zero-order valence-corrected chi connectivity index (χ0v) is 10.1. The molecule has 0 radical (unpaired) electrons. The number of anilines is 1. The summed E-state index contributed by atoms with van der Waals surface area (Å²) in [4.78, 5) is 14.2. The number of ketones is 1. The molecular weight excluding hydrogens is 202 g/mol. The van der Waals surface area contributed by atoms with E-state index in [2.05, 4.69) is 16.9 Å². The Morgan fingerprint density at radius 1 is 1.50 bits per heavy atom. The molecule has 2 heterocycles. The molecule has 4 nitrogen and oxygen atoms in total. The highest BCUT2D eigenvalue weighted by Crippen LogP contribution is 2.25. The van der Waals surface area contributed by atoms with Crippen LogP contribution >= 0.6 is 0 Å². The summed E-state index contributed by atoms with van der Waals surface area (Å²) >= 11 is 0. The molecule has 0 saturated heterocycles. The highest BCUT2D eigenvalue weighted by atomic mass is 16.1. The molecule has 0 spiro atoms. The monoisotopic (exact) mass is 221 g/mol. The van der Waals surface area contributed by atoms with E-state index in [9.17, 15) is 4.79 Å². The van der Waals surface area contributed by atoms with E-state index in [1.165, 1.54) is 12.8 Å². The molecule has 0 fully saturated rings. The fourth-order valence-corrected chi connectivity index (χ4v) is 2.24. The zero-order chi connectivity index (χ0) is 11.5. The summed E-state index contributed by atoms with van der Waals surface area (Å²) in [5.41, 5.74) is 0.802. The van der Waals surface area contributed by atoms with Crippen LogP contribution in [0.3, 0.4) is 0 Å². The summed E-state index contributed by atoms with van der Waals surface area (Å²) in [5, 5.41) is 4.20. The molecule has 2 rings (SSSR count). The van der Waals surface area contributed by atoms with Crippen LogP contribution in [0.5, 0.6) is 0 Å². The van der Waals surface area contributed by atoms with Crippen molar-refractivity contribution in [3.63, 3.8) is 0 Å². The fraction of sp³-hybridized carbons (Fsp3) is 0.667. The number of nitrogens with zero attached hydrogens (tertiary/aromatic N) is 3. The van der Waals surface area contributed by atoms with Gasteiger partial charge in [-0.25, -0.2) is 0 Å². The summed E-state index contributed by atoms with van der Waals surface area (Å²) in [6.45, 7) is 4.18. The molecule has 16 heavy (non-hydrogen) atoms. The van der Waals surface area contributed by atoms with E-state index in [1.807, 2.05) is 11.7 Å². The van der Waals surface area contributed by atoms with Gasteiger partial charge in [-0.15, -0.1) is 0 Å². The Bertz CT molecular complexity index is 384. The standard InChI is InChI=1S/C12H19N3O/c1-3-4-7-15-8-5-6-11(16)10-9-13-14(2)12(10)15/h9H,3-8H2,1-2H3. The van der Waals surface area contributed by atoms with Gasteiger partial charge in [-0.05, 0) is 12.8 Å². The van der Waals surface area contributed by atoms with Crippen LogP contribution < -0.4 is 4.90 Å². The third-order valence-corrected chi connectivity index (χ3v) is 3.12. The van der Waals surface area contributed by atoms with Crippen molar-refractivity contribution >= 4 is 11.6 Å². The van der Waals surface area contributed by atoms with Crippen LogP contribution in [0.2, 0.25) is 0 Å². The molecule has 0 amide bonds. The van der Waals surface area contributed by atoms with Gasteiger partial charge in [0.15, 0.2) is 5.78 Å². The van der Waals surface area contributed by atoms with Gasteiger partial charge in [-0.2, -0.15) is 5.10 Å². The summed E-state index contributed by atoms with van der Waals surface area (Å²) in [7, 11) is 1.91. The minimum atomic E-state index is 0.238. The molecule has 1 aromatic rings. The van der Waals surface area contributed by atoms with E-state index in [4.69, 9.17) is 0 Å². The number of carbonyl (C=O) groups is 1. The van der Waals surface area contributed by atoms with Crippen molar-refractivity contribution in [3.8, 4) is 0 Å². The van der Waals surface area contributed by atoms with E-state index in [0.29, 0.717) is 6.42 Å². The first-order valence-corrected chi connectivity index (χ1v) is 6.04. The molecule has 1 aliphatic heterocycles. The molecule has 0 aliphatic carbocycles. The van der Waals surface area contributed by atoms with Crippen LogP contribution in [0.4, 0.5) is 5.82 Å². The van der Waals surface area contributed by atoms with Gasteiger partial charge < -0.3 is 4.90 Å². The van der Waals surface area contributed by atoms with Crippen molar-refractivity contribution < 1.29 is 4.79 Å². The van der Waals surface area contributed by atoms with E-state index in [0.717, 1.165) is 30.9 Å². The van der Waals surface area contributed by atoms with Gasteiger partial charge in [-0.3, -0.25) is 9.48 Å². The Morgan fingerprint density at radius 2 is 2.31 bits per heavy atom. The Kier molecular flexibility index (Phi) is 3.27. The molecule has 0 N–H and O–H groups in total. The molecule has 88 valence electrons. The number of rotatable bonds is 3. The molecule has 0 atom stereocenters. The van der Waals surface area contributed by atoms with Crippen molar-refractivity contribution in [2.75, 3.05) is 18.0 Å². The average molecular weight is 221 g/mol. The quantitative estimate of drug-likeness (QED) is 0.783. The number of unbranched alkanes of at least 4 members (excludes halogenated alkanes) is 1. The second-order valence-corrected chi connectivity index (χ2v) is 4.37. The maximum Gasteiger partial charge on any atom is 0.168 e. The molecule has 0 bridgehead atoms. The van der Waals surface area contributed by atoms with Crippen molar-refractivity contribution in [1.82, 2.24) is 9.78 Å². The Morgan fingerprint density at radius 3 is 3.06 bits per heavy atom. The van der Waals surface area contributed by atoms with E-state index in [-0.39, 0.29) is 5.78 Å². The van der Waals surface area contributed by atoms with Gasteiger partial charge in [-0.1, -0.05) is 13.3 Å². The van der Waals surface area contributed by atoms with Gasteiger partial charge in [0.25, 0.3) is 0 Å². The van der Waals surface area contributed by atoms with Crippen molar-refractivity contribution in [1.29, 1.82) is 0 Å². The highest BCUT2D eigenvalue weighted by Gasteiger charge is 2.23. The van der Waals surface area contributed by atoms with Gasteiger partial charge in [0, 0.05) is 26.6 Å². The summed E-state index contributed by atoms with van der Waals surface area (Å²) in [5.74, 6) is 1.25. The van der Waals surface area contributed by atoms with Gasteiger partial charge in [0.05, 0.1) is 11.8 Å². The van der Waals surface area contributed by atoms with Gasteiger partial charge in [0.1, 0.15) is 5.82 Å². The fourth-order valence-electron chi connectivity index (χ4n) is 2.24. The molecule has 1 aliphatic rings. The maximum atomic E-state index is 11.9. The number of Topliss-reactive ketones (excluding diaryl/α,β-unsaturated/α-hetero) is 1. The summed E-state index contributed by atoms with van der Waals surface area (Å²) < 4.78 is 1.83. The predicted molar refractivity (Wildman–Crippen MR) is 63.9 cm³/mol. The van der Waals surface area contributed by atoms with Crippen LogP contribution in [0, 0.1) is 0 Å². The van der Waals surface area contributed by atoms with Crippen LogP contribution in [-0.4, -0.2) is 28.7 Å². The molecule has 4 heteroatoms. The first-order chi connectivity index (χ1) is 7.74. The van der Waals surface area contributed by atoms with Crippen molar-refractivity contribution in [2.45, 2.75) is 32.6 Å². The third kappa shape index (κ3) is 1.96. The summed E-state index contributed by atoms with van der Waals surface area (Å²) in [6.07, 6.45) is 5.66. The maximum absolute atomic E-state index is 11.9. The highest BCUT2D eigenvalue weighted by molar-refractivity contribution is 6.01. The normalized spacial score (nSPS) is 16.1. The second-order valence-electron chi connectivity index (χ2n) is 4.37. The third-order valence-electron chi connectivity index (χ3n) is 3.12. The molecule has 1 aromatic heterocycles.